The van der Waals surface area contributed by atoms with Gasteiger partial charge in [0.05, 0.1) is 32.0 Å². The molecule has 1 saturated carbocycles. The molecule has 2 aliphatic heterocycles. The topological polar surface area (TPSA) is 186 Å². The fourth-order valence-corrected chi connectivity index (χ4v) is 7.66. The molecule has 12 heteroatoms. The first-order chi connectivity index (χ1) is 22.1. The predicted octanol–water partition coefficient (Wildman–Crippen LogP) is 0.588. The number of carbonyl (C=O) groups is 2. The van der Waals surface area contributed by atoms with Gasteiger partial charge in [-0.1, -0.05) is 43.3 Å². The second-order valence-corrected chi connectivity index (χ2v) is 12.9. The maximum absolute atomic E-state index is 12.4. The summed E-state index contributed by atoms with van der Waals surface area (Å²) in [5, 5.41) is 54.2. The van der Waals surface area contributed by atoms with Crippen molar-refractivity contribution in [3.63, 3.8) is 0 Å². The van der Waals surface area contributed by atoms with Crippen LogP contribution in [0.5, 0.6) is 0 Å². The maximum atomic E-state index is 12.4. The van der Waals surface area contributed by atoms with Gasteiger partial charge in [0, 0.05) is 30.4 Å². The average molecular weight is 645 g/mol. The van der Waals surface area contributed by atoms with Crippen molar-refractivity contribution < 1.29 is 54.1 Å². The monoisotopic (exact) mass is 644 g/mol. The lowest BCUT2D eigenvalue weighted by atomic mass is 9.74. The number of hydrogen-bond donors (Lipinski definition) is 5. The Balaban J connectivity index is 1.45. The number of esters is 1. The zero-order chi connectivity index (χ0) is 33.2. The van der Waals surface area contributed by atoms with Crippen LogP contribution in [0.15, 0.2) is 30.4 Å². The molecule has 1 aromatic rings. The van der Waals surface area contributed by atoms with Crippen LogP contribution in [-0.2, 0) is 28.5 Å². The van der Waals surface area contributed by atoms with E-state index in [0.717, 1.165) is 18.5 Å². The van der Waals surface area contributed by atoms with Gasteiger partial charge >= 0.3 is 11.9 Å². The summed E-state index contributed by atoms with van der Waals surface area (Å²) in [5.74, 6) is -2.08. The van der Waals surface area contributed by atoms with Gasteiger partial charge in [-0.05, 0) is 48.8 Å². The Bertz CT molecular complexity index is 1420. The predicted molar refractivity (Wildman–Crippen MR) is 164 cm³/mol. The number of hydrogen-bond acceptors (Lipinski definition) is 10. The lowest BCUT2D eigenvalue weighted by Crippen LogP contribution is -2.69. The minimum Gasteiger partial charge on any atom is -0.658 e. The van der Waals surface area contributed by atoms with E-state index in [9.17, 15) is 35.1 Å². The Morgan fingerprint density at radius 2 is 1.98 bits per heavy atom. The smallest absolute Gasteiger partial charge is 0.333 e. The number of methoxy groups -OCH3 is 1. The van der Waals surface area contributed by atoms with Crippen molar-refractivity contribution in [2.24, 2.45) is 17.8 Å². The molecule has 0 radical (unpaired) electrons. The highest BCUT2D eigenvalue weighted by atomic mass is 16.7. The molecule has 1 saturated heterocycles. The normalized spacial score (nSPS) is 33.5. The Hall–Kier alpha value is -3.00. The van der Waals surface area contributed by atoms with Gasteiger partial charge in [0.1, 0.15) is 18.3 Å². The number of aliphatic hydroxyl groups is 4. The quantitative estimate of drug-likeness (QED) is 0.158. The Morgan fingerprint density at radius 3 is 2.61 bits per heavy atom. The van der Waals surface area contributed by atoms with Gasteiger partial charge in [0.25, 0.3) is 0 Å². The van der Waals surface area contributed by atoms with E-state index in [-0.39, 0.29) is 30.9 Å². The molecule has 2 aliphatic carbocycles. The van der Waals surface area contributed by atoms with Gasteiger partial charge in [-0.2, -0.15) is 5.69 Å². The van der Waals surface area contributed by atoms with Crippen molar-refractivity contribution in [3.05, 3.63) is 46.6 Å². The molecule has 5 N–H and O–H groups in total. The molecular formula is C34H46NO11-. The summed E-state index contributed by atoms with van der Waals surface area (Å²) in [6.45, 7) is 5.32. The molecule has 1 aromatic heterocycles. The number of aliphatic carboxylic acids is 1. The molecule has 0 aromatic carbocycles. The molecule has 2 fully saturated rings. The van der Waals surface area contributed by atoms with Crippen LogP contribution in [0.4, 0.5) is 0 Å². The number of aromatic nitrogens is 1. The lowest BCUT2D eigenvalue weighted by molar-refractivity contribution is -0.328. The van der Waals surface area contributed by atoms with Crippen LogP contribution in [0.3, 0.4) is 0 Å². The van der Waals surface area contributed by atoms with Crippen molar-refractivity contribution in [1.29, 1.82) is 0 Å². The van der Waals surface area contributed by atoms with Crippen LogP contribution in [-0.4, -0.2) is 94.1 Å². The Kier molecular flexibility index (Phi) is 10.8. The van der Waals surface area contributed by atoms with Gasteiger partial charge in [-0.15, -0.1) is 6.58 Å². The van der Waals surface area contributed by atoms with E-state index in [4.69, 9.17) is 23.9 Å². The van der Waals surface area contributed by atoms with E-state index in [1.165, 1.54) is 26.0 Å². The minimum absolute atomic E-state index is 0.0904. The van der Waals surface area contributed by atoms with E-state index in [1.54, 1.807) is 12.2 Å². The van der Waals surface area contributed by atoms with Crippen LogP contribution in [0, 0.1) is 17.8 Å². The van der Waals surface area contributed by atoms with E-state index < -0.39 is 66.7 Å². The summed E-state index contributed by atoms with van der Waals surface area (Å²) < 4.78 is 23.6. The number of nitrogens with zero attached hydrogens (tertiary/aromatic N) is 1. The molecular weight excluding hydrogens is 598 g/mol. The van der Waals surface area contributed by atoms with E-state index in [1.807, 2.05) is 6.07 Å². The highest BCUT2D eigenvalue weighted by Gasteiger charge is 2.58. The van der Waals surface area contributed by atoms with Crippen LogP contribution in [0.25, 0.3) is 11.8 Å². The van der Waals surface area contributed by atoms with Crippen molar-refractivity contribution >= 4 is 23.8 Å². The molecule has 1 spiro atoms. The van der Waals surface area contributed by atoms with Gasteiger partial charge in [0.15, 0.2) is 11.9 Å². The van der Waals surface area contributed by atoms with Crippen LogP contribution in [0.1, 0.15) is 69.9 Å². The minimum atomic E-state index is -1.69. The Morgan fingerprint density at radius 1 is 1.24 bits per heavy atom. The average Bonchev–Trinajstić information content (AvgIpc) is 3.74. The Labute approximate surface area is 268 Å². The van der Waals surface area contributed by atoms with E-state index in [0.29, 0.717) is 35.1 Å². The first-order valence-electron chi connectivity index (χ1n) is 16.2. The summed E-state index contributed by atoms with van der Waals surface area (Å²) in [7, 11) is 1.22. The van der Waals surface area contributed by atoms with Crippen molar-refractivity contribution in [1.82, 2.24) is 4.98 Å². The largest absolute Gasteiger partial charge is 0.658 e. The second-order valence-electron chi connectivity index (χ2n) is 12.9. The highest BCUT2D eigenvalue weighted by Crippen LogP contribution is 2.42. The number of ether oxygens (including phenoxy) is 4. The summed E-state index contributed by atoms with van der Waals surface area (Å²) >= 11 is 0. The first-order valence-corrected chi connectivity index (χ1v) is 16.2. The third kappa shape index (κ3) is 6.43. The molecule has 9 unspecified atom stereocenters. The fraction of sp³-hybridized carbons (Fsp3) is 0.647. The summed E-state index contributed by atoms with van der Waals surface area (Å²) in [4.78, 5) is 29.1. The third-order valence-corrected chi connectivity index (χ3v) is 10.2. The summed E-state index contributed by atoms with van der Waals surface area (Å²) in [6, 6.07) is 1.97. The van der Waals surface area contributed by atoms with E-state index in [2.05, 4.69) is 13.5 Å². The molecule has 0 amide bonds. The SMILES string of the molecule is C=CC1C(OC2OC(CO)C3(C=c4cc(C(C)C5CCCC5)[n-]c4=C(CCCO)O3)C(O)C2O)CC=C(C(=O)OC)C1CC(=O)O. The standard InChI is InChI=1S/C34H46NO11/c1-4-21-23(15-28(38)39)22(32(42)43-3)11-12-25(21)44-33-30(40)31(41)34(27(17-37)45-33)16-20-14-24(18(2)19-8-5-6-9-19)35-29(20)26(46-34)10-7-13-36/h4,11,14,16,18-19,21,23,25,27,30-31,33,36-37,40-41H,1,5-10,12-13,15,17H2,2-3H3,(H,38,39)/q-1. The first kappa shape index (κ1) is 34.3. The van der Waals surface area contributed by atoms with Crippen molar-refractivity contribution in [2.45, 2.75) is 101 Å². The van der Waals surface area contributed by atoms with Crippen molar-refractivity contribution in [2.75, 3.05) is 20.3 Å². The third-order valence-electron chi connectivity index (χ3n) is 10.2. The molecule has 3 heterocycles. The molecule has 4 aliphatic rings. The number of carboxylic acids is 1. The van der Waals surface area contributed by atoms with Gasteiger partial charge in [-0.25, -0.2) is 4.79 Å². The number of rotatable bonds is 12. The lowest BCUT2D eigenvalue weighted by Gasteiger charge is -2.51. The molecule has 12 nitrogen and oxygen atoms in total. The van der Waals surface area contributed by atoms with Crippen LogP contribution >= 0.6 is 0 Å². The zero-order valence-electron chi connectivity index (χ0n) is 26.4. The maximum Gasteiger partial charge on any atom is 0.333 e. The van der Waals surface area contributed by atoms with Crippen LogP contribution in [0.2, 0.25) is 0 Å². The second kappa shape index (κ2) is 14.4. The van der Waals surface area contributed by atoms with Gasteiger partial charge in [0.2, 0.25) is 0 Å². The number of fused-ring (bicyclic) bond motifs is 1. The summed E-state index contributed by atoms with van der Waals surface area (Å²) in [6.07, 6.45) is 3.20. The molecule has 46 heavy (non-hydrogen) atoms. The fourth-order valence-electron chi connectivity index (χ4n) is 7.66. The van der Waals surface area contributed by atoms with Gasteiger partial charge < -0.3 is 49.5 Å². The molecule has 9 atom stereocenters. The molecule has 0 bridgehead atoms. The number of carbonyl (C=O) groups excluding carboxylic acids is 1. The highest BCUT2D eigenvalue weighted by molar-refractivity contribution is 5.90. The zero-order valence-corrected chi connectivity index (χ0v) is 26.4. The number of carboxylic acid groups (broad SMARTS) is 1. The number of aliphatic hydroxyl groups excluding tert-OH is 4. The molecule has 254 valence electrons. The van der Waals surface area contributed by atoms with Crippen molar-refractivity contribution in [3.8, 4) is 0 Å². The van der Waals surface area contributed by atoms with Crippen LogP contribution < -0.4 is 15.6 Å². The summed E-state index contributed by atoms with van der Waals surface area (Å²) in [5.41, 5.74) is -0.583. The van der Waals surface area contributed by atoms with Gasteiger partial charge in [-0.3, -0.25) is 4.79 Å². The molecule has 5 rings (SSSR count). The van der Waals surface area contributed by atoms with E-state index >= 15 is 0 Å².